The van der Waals surface area contributed by atoms with Crippen molar-refractivity contribution in [2.45, 2.75) is 38.8 Å². The molecule has 0 aromatic heterocycles. The van der Waals surface area contributed by atoms with Gasteiger partial charge in [0.1, 0.15) is 0 Å². The number of carbonyl (C=O) groups is 1. The number of amides is 1. The normalized spacial score (nSPS) is 22.9. The molecule has 88 valence electrons. The maximum Gasteiger partial charge on any atom is 0.242 e. The lowest BCUT2D eigenvalue weighted by atomic mass is 10.0. The maximum absolute atomic E-state index is 12.2. The third kappa shape index (κ3) is 2.69. The van der Waals surface area contributed by atoms with Crippen LogP contribution in [0.3, 0.4) is 0 Å². The second-order valence-corrected chi connectivity index (χ2v) is 4.51. The van der Waals surface area contributed by atoms with E-state index < -0.39 is 5.54 Å². The van der Waals surface area contributed by atoms with Crippen LogP contribution in [0.5, 0.6) is 0 Å². The average molecular weight is 214 g/mol. The molecule has 1 aliphatic heterocycles. The first-order valence-corrected chi connectivity index (χ1v) is 5.60. The van der Waals surface area contributed by atoms with Crippen molar-refractivity contribution in [1.29, 1.82) is 0 Å². The van der Waals surface area contributed by atoms with Crippen LogP contribution in [-0.2, 0) is 9.53 Å². The highest BCUT2D eigenvalue weighted by atomic mass is 16.5. The molecule has 4 nitrogen and oxygen atoms in total. The molecule has 1 N–H and O–H groups in total. The van der Waals surface area contributed by atoms with Gasteiger partial charge in [0.15, 0.2) is 0 Å². The lowest BCUT2D eigenvalue weighted by molar-refractivity contribution is -0.145. The molecule has 0 saturated carbocycles. The van der Waals surface area contributed by atoms with Crippen molar-refractivity contribution in [3.63, 3.8) is 0 Å². The van der Waals surface area contributed by atoms with E-state index in [1.807, 2.05) is 25.8 Å². The molecule has 0 bridgehead atoms. The third-order valence-electron chi connectivity index (χ3n) is 3.12. The number of rotatable bonds is 3. The molecular weight excluding hydrogens is 192 g/mol. The van der Waals surface area contributed by atoms with Crippen LogP contribution >= 0.6 is 0 Å². The van der Waals surface area contributed by atoms with Gasteiger partial charge in [-0.2, -0.15) is 0 Å². The van der Waals surface area contributed by atoms with Gasteiger partial charge in [-0.1, -0.05) is 6.92 Å². The molecule has 15 heavy (non-hydrogen) atoms. The number of ether oxygens (including phenoxy) is 1. The molecule has 0 aromatic rings. The van der Waals surface area contributed by atoms with Crippen LogP contribution in [0, 0.1) is 0 Å². The summed E-state index contributed by atoms with van der Waals surface area (Å²) in [6.07, 6.45) is 0.950. The number of likely N-dealkylation sites (N-methyl/N-ethyl adjacent to an activating group) is 1. The first kappa shape index (κ1) is 12.5. The lowest BCUT2D eigenvalue weighted by Gasteiger charge is -2.39. The fourth-order valence-corrected chi connectivity index (χ4v) is 1.73. The summed E-state index contributed by atoms with van der Waals surface area (Å²) in [7, 11) is 1.82. The van der Waals surface area contributed by atoms with Gasteiger partial charge >= 0.3 is 0 Å². The van der Waals surface area contributed by atoms with Crippen LogP contribution in [0.25, 0.3) is 0 Å². The van der Waals surface area contributed by atoms with Crippen LogP contribution in [-0.4, -0.2) is 49.2 Å². The van der Waals surface area contributed by atoms with Crippen molar-refractivity contribution in [2.75, 3.05) is 26.8 Å². The fourth-order valence-electron chi connectivity index (χ4n) is 1.73. The zero-order valence-electron chi connectivity index (χ0n) is 10.2. The zero-order chi connectivity index (χ0) is 11.5. The lowest BCUT2D eigenvalue weighted by Crippen LogP contribution is -2.58. The van der Waals surface area contributed by atoms with Gasteiger partial charge in [0.05, 0.1) is 24.8 Å². The summed E-state index contributed by atoms with van der Waals surface area (Å²) in [5, 5.41) is 3.05. The summed E-state index contributed by atoms with van der Waals surface area (Å²) in [6.45, 7) is 7.95. The van der Waals surface area contributed by atoms with E-state index in [0.717, 1.165) is 6.42 Å². The van der Waals surface area contributed by atoms with Crippen molar-refractivity contribution in [1.82, 2.24) is 10.2 Å². The van der Waals surface area contributed by atoms with Crippen LogP contribution in [0.4, 0.5) is 0 Å². The minimum absolute atomic E-state index is 0.167. The van der Waals surface area contributed by atoms with Gasteiger partial charge in [-0.05, 0) is 27.3 Å². The standard InChI is InChI=1S/C11H22N2O2/c1-5-9-8-15-7-6-13(9)10(14)11(2,3)12-4/h9,12H,5-8H2,1-4H3. The van der Waals surface area contributed by atoms with Crippen LogP contribution in [0.1, 0.15) is 27.2 Å². The summed E-state index contributed by atoms with van der Waals surface area (Å²) in [5.41, 5.74) is -0.481. The topological polar surface area (TPSA) is 41.6 Å². The van der Waals surface area contributed by atoms with Crippen molar-refractivity contribution < 1.29 is 9.53 Å². The van der Waals surface area contributed by atoms with E-state index in [9.17, 15) is 4.79 Å². The number of nitrogens with zero attached hydrogens (tertiary/aromatic N) is 1. The zero-order valence-corrected chi connectivity index (χ0v) is 10.2. The Balaban J connectivity index is 2.72. The first-order chi connectivity index (χ1) is 7.03. The summed E-state index contributed by atoms with van der Waals surface area (Å²) in [4.78, 5) is 14.2. The third-order valence-corrected chi connectivity index (χ3v) is 3.12. The molecule has 1 rings (SSSR count). The molecule has 1 amide bonds. The van der Waals surface area contributed by atoms with Gasteiger partial charge in [-0.15, -0.1) is 0 Å². The monoisotopic (exact) mass is 214 g/mol. The van der Waals surface area contributed by atoms with E-state index >= 15 is 0 Å². The highest BCUT2D eigenvalue weighted by Crippen LogP contribution is 2.16. The quantitative estimate of drug-likeness (QED) is 0.749. The second-order valence-electron chi connectivity index (χ2n) is 4.51. The molecule has 0 spiro atoms. The number of hydrogen-bond acceptors (Lipinski definition) is 3. The minimum Gasteiger partial charge on any atom is -0.377 e. The number of nitrogens with one attached hydrogen (secondary N) is 1. The van der Waals surface area contributed by atoms with Gasteiger partial charge in [0.25, 0.3) is 0 Å². The van der Waals surface area contributed by atoms with Gasteiger partial charge in [-0.25, -0.2) is 0 Å². The smallest absolute Gasteiger partial charge is 0.242 e. The maximum atomic E-state index is 12.2. The number of hydrogen-bond donors (Lipinski definition) is 1. The van der Waals surface area contributed by atoms with Crippen molar-refractivity contribution in [3.8, 4) is 0 Å². The Kier molecular flexibility index (Phi) is 4.11. The molecule has 1 fully saturated rings. The summed E-state index contributed by atoms with van der Waals surface area (Å²) >= 11 is 0. The second kappa shape index (κ2) is 4.94. The molecule has 0 aliphatic carbocycles. The van der Waals surface area contributed by atoms with E-state index in [0.29, 0.717) is 19.8 Å². The van der Waals surface area contributed by atoms with Crippen LogP contribution in [0.2, 0.25) is 0 Å². The van der Waals surface area contributed by atoms with E-state index in [1.54, 1.807) is 0 Å². The van der Waals surface area contributed by atoms with Crippen molar-refractivity contribution in [3.05, 3.63) is 0 Å². The van der Waals surface area contributed by atoms with Crippen LogP contribution < -0.4 is 5.32 Å². The van der Waals surface area contributed by atoms with E-state index in [2.05, 4.69) is 12.2 Å². The van der Waals surface area contributed by atoms with Gasteiger partial charge in [0.2, 0.25) is 5.91 Å². The molecule has 0 radical (unpaired) electrons. The van der Waals surface area contributed by atoms with Gasteiger partial charge in [-0.3, -0.25) is 4.79 Å². The first-order valence-electron chi connectivity index (χ1n) is 5.60. The average Bonchev–Trinajstić information content (AvgIpc) is 2.28. The Morgan fingerprint density at radius 3 is 2.80 bits per heavy atom. The summed E-state index contributed by atoms with van der Waals surface area (Å²) in [5.74, 6) is 0.167. The van der Waals surface area contributed by atoms with Gasteiger partial charge in [0, 0.05) is 6.54 Å². The van der Waals surface area contributed by atoms with E-state index in [4.69, 9.17) is 4.74 Å². The van der Waals surface area contributed by atoms with E-state index in [-0.39, 0.29) is 11.9 Å². The highest BCUT2D eigenvalue weighted by molar-refractivity contribution is 5.85. The van der Waals surface area contributed by atoms with Gasteiger partial charge < -0.3 is 15.0 Å². The number of morpholine rings is 1. The fraction of sp³-hybridized carbons (Fsp3) is 0.909. The Hall–Kier alpha value is -0.610. The highest BCUT2D eigenvalue weighted by Gasteiger charge is 2.35. The molecule has 4 heteroatoms. The van der Waals surface area contributed by atoms with E-state index in [1.165, 1.54) is 0 Å². The van der Waals surface area contributed by atoms with Crippen molar-refractivity contribution >= 4 is 5.91 Å². The molecular formula is C11H22N2O2. The minimum atomic E-state index is -0.481. The molecule has 0 aromatic carbocycles. The van der Waals surface area contributed by atoms with Crippen molar-refractivity contribution in [2.24, 2.45) is 0 Å². The predicted octanol–water partition coefficient (Wildman–Crippen LogP) is 0.622. The van der Waals surface area contributed by atoms with Crippen LogP contribution in [0.15, 0.2) is 0 Å². The Morgan fingerprint density at radius 1 is 1.60 bits per heavy atom. The molecule has 1 atom stereocenters. The number of carbonyl (C=O) groups excluding carboxylic acids is 1. The summed E-state index contributed by atoms with van der Waals surface area (Å²) in [6, 6.07) is 0.235. The Morgan fingerprint density at radius 2 is 2.27 bits per heavy atom. The molecule has 1 heterocycles. The SMILES string of the molecule is CCC1COCCN1C(=O)C(C)(C)NC. The molecule has 1 aliphatic rings. The Labute approximate surface area is 92.0 Å². The predicted molar refractivity (Wildman–Crippen MR) is 59.7 cm³/mol. The molecule has 1 unspecified atom stereocenters. The largest absolute Gasteiger partial charge is 0.377 e. The Bertz CT molecular complexity index is 229. The molecule has 1 saturated heterocycles. The summed E-state index contributed by atoms with van der Waals surface area (Å²) < 4.78 is 5.39.